The largest absolute Gasteiger partial charge is 0.303 e. The van der Waals surface area contributed by atoms with Gasteiger partial charge in [0, 0.05) is 0 Å². The van der Waals surface area contributed by atoms with Gasteiger partial charge in [0.2, 0.25) is 0 Å². The fourth-order valence-electron chi connectivity index (χ4n) is 9.40. The lowest BCUT2D eigenvalue weighted by Crippen LogP contribution is -2.32. The summed E-state index contributed by atoms with van der Waals surface area (Å²) in [6, 6.07) is 19.6. The lowest BCUT2D eigenvalue weighted by Gasteiger charge is -2.33. The van der Waals surface area contributed by atoms with Crippen LogP contribution in [0.5, 0.6) is 0 Å². The van der Waals surface area contributed by atoms with Gasteiger partial charge in [-0.3, -0.25) is 0 Å². The minimum Gasteiger partial charge on any atom is -0.303 e. The maximum atomic E-state index is 2.62. The third-order valence-electron chi connectivity index (χ3n) is 16.6. The van der Waals surface area contributed by atoms with Crippen LogP contribution < -0.4 is 0 Å². The summed E-state index contributed by atoms with van der Waals surface area (Å²) < 4.78 is 0. The van der Waals surface area contributed by atoms with Crippen molar-refractivity contribution in [1.29, 1.82) is 0 Å². The normalized spacial score (nSPS) is 16.5. The Kier molecular flexibility index (Phi) is 42.7. The Balaban J connectivity index is -0.000000855. The van der Waals surface area contributed by atoms with E-state index in [1.54, 1.807) is 0 Å². The Hall–Kier alpha value is -1.64. The molecule has 0 spiro atoms. The summed E-state index contributed by atoms with van der Waals surface area (Å²) in [4.78, 5) is 5.24. The molecule has 2 heterocycles. The van der Waals surface area contributed by atoms with Crippen molar-refractivity contribution in [1.82, 2.24) is 9.80 Å². The van der Waals surface area contributed by atoms with Gasteiger partial charge in [-0.25, -0.2) is 0 Å². The summed E-state index contributed by atoms with van der Waals surface area (Å²) in [5.41, 5.74) is 8.26. The second kappa shape index (κ2) is 41.4. The van der Waals surface area contributed by atoms with E-state index in [2.05, 4.69) is 272 Å². The molecule has 2 aliphatic heterocycles. The Morgan fingerprint density at radius 1 is 0.388 bits per heavy atom. The zero-order chi connectivity index (χ0) is 62.7. The minimum atomic E-state index is 0.397. The molecule has 2 aromatic carbocycles. The van der Waals surface area contributed by atoms with Crippen molar-refractivity contribution >= 4 is 0 Å². The fraction of sp³-hybridized carbons (Fsp3) is 0.846. The van der Waals surface area contributed by atoms with Crippen molar-refractivity contribution in [2.45, 2.75) is 330 Å². The van der Waals surface area contributed by atoms with Crippen molar-refractivity contribution in [2.75, 3.05) is 39.3 Å². The van der Waals surface area contributed by atoms with Crippen molar-refractivity contribution in [3.63, 3.8) is 0 Å². The second-order valence-electron chi connectivity index (χ2n) is 34.8. The zero-order valence-electron chi connectivity index (χ0n) is 61.0. The molecule has 2 heteroatoms. The van der Waals surface area contributed by atoms with Crippen molar-refractivity contribution in [2.24, 2.45) is 61.1 Å². The fourth-order valence-corrected chi connectivity index (χ4v) is 9.40. The predicted molar refractivity (Wildman–Crippen MR) is 371 cm³/mol. The first-order valence-electron chi connectivity index (χ1n) is 33.9. The number of hydrogen-bond donors (Lipinski definition) is 0. The molecule has 1 aliphatic carbocycles. The van der Waals surface area contributed by atoms with E-state index in [0.717, 1.165) is 37.0 Å². The molecule has 1 unspecified atom stereocenters. The first-order chi connectivity index (χ1) is 36.3. The number of hydrogen-bond acceptors (Lipinski definition) is 2. The lowest BCUT2D eigenvalue weighted by atomic mass is 9.72. The molecule has 3 fully saturated rings. The zero-order valence-corrected chi connectivity index (χ0v) is 61.0. The highest BCUT2D eigenvalue weighted by Gasteiger charge is 2.26. The van der Waals surface area contributed by atoms with Crippen molar-refractivity contribution in [3.05, 3.63) is 71.3 Å². The molecule has 0 aromatic heterocycles. The molecule has 1 saturated carbocycles. The van der Waals surface area contributed by atoms with Crippen LogP contribution >= 0.6 is 0 Å². The topological polar surface area (TPSA) is 6.48 Å². The van der Waals surface area contributed by atoms with Crippen LogP contribution in [0.1, 0.15) is 327 Å². The molecule has 3 aliphatic rings. The van der Waals surface area contributed by atoms with Crippen LogP contribution in [-0.4, -0.2) is 49.1 Å². The van der Waals surface area contributed by atoms with E-state index in [9.17, 15) is 0 Å². The number of aryl methyl sites for hydroxylation is 1. The summed E-state index contributed by atoms with van der Waals surface area (Å²) in [6.07, 6.45) is 26.0. The summed E-state index contributed by atoms with van der Waals surface area (Å²) in [5, 5.41) is 0. The molecule has 2 saturated heterocycles. The molecule has 1 atom stereocenters. The van der Waals surface area contributed by atoms with E-state index in [-0.39, 0.29) is 0 Å². The third-order valence-corrected chi connectivity index (χ3v) is 16.6. The molecular weight excluding hydrogens is 965 g/mol. The van der Waals surface area contributed by atoms with Gasteiger partial charge in [0.1, 0.15) is 0 Å². The van der Waals surface area contributed by atoms with E-state index in [1.807, 2.05) is 0 Å². The summed E-state index contributed by atoms with van der Waals surface area (Å²) in [5.74, 6) is 2.65. The lowest BCUT2D eigenvalue weighted by molar-refractivity contribution is 0.180. The second-order valence-corrected chi connectivity index (χ2v) is 34.8. The van der Waals surface area contributed by atoms with Crippen LogP contribution in [0.25, 0.3) is 0 Å². The SMILES string of the molecule is CC(C)(C)C1CCCCC1.CC(C)(C)CCN1CCCCC1.CC(C)(C)CCN1CCCCC1.CC(C)(C)Cc1ccccc1.CC(C)C(C)(C)C.CCC(C)C(C)(C)C.CCCC(C)(C)C.CCc1ccc(CC(C)(C)C)cc1. The molecule has 2 aromatic rings. The Morgan fingerprint density at radius 3 is 0.938 bits per heavy atom. The van der Waals surface area contributed by atoms with E-state index in [4.69, 9.17) is 0 Å². The van der Waals surface area contributed by atoms with E-state index in [0.29, 0.717) is 43.3 Å². The van der Waals surface area contributed by atoms with Gasteiger partial charge in [0.05, 0.1) is 0 Å². The summed E-state index contributed by atoms with van der Waals surface area (Å²) >= 11 is 0. The average molecular weight is 1120 g/mol. The van der Waals surface area contributed by atoms with Crippen LogP contribution in [0.15, 0.2) is 54.6 Å². The number of benzene rings is 2. The maximum Gasteiger partial charge on any atom is -0.00138 e. The van der Waals surface area contributed by atoms with E-state index >= 15 is 0 Å². The quantitative estimate of drug-likeness (QED) is 0.247. The van der Waals surface area contributed by atoms with Gasteiger partial charge in [-0.1, -0.05) is 307 Å². The Labute approximate surface area is 508 Å². The van der Waals surface area contributed by atoms with Crippen LogP contribution in [0, 0.1) is 61.1 Å². The molecule has 0 N–H and O–H groups in total. The van der Waals surface area contributed by atoms with Crippen LogP contribution in [0.2, 0.25) is 0 Å². The van der Waals surface area contributed by atoms with Gasteiger partial charge in [-0.05, 0) is 194 Å². The van der Waals surface area contributed by atoms with Gasteiger partial charge < -0.3 is 9.80 Å². The Bertz CT molecular complexity index is 1620. The maximum absolute atomic E-state index is 2.62. The highest BCUT2D eigenvalue weighted by atomic mass is 15.1. The van der Waals surface area contributed by atoms with E-state index < -0.39 is 0 Å². The van der Waals surface area contributed by atoms with Gasteiger partial charge in [0.15, 0.2) is 0 Å². The van der Waals surface area contributed by atoms with Crippen LogP contribution in [0.4, 0.5) is 0 Å². The van der Waals surface area contributed by atoms with Gasteiger partial charge in [-0.2, -0.15) is 0 Å². The Morgan fingerprint density at radius 2 is 0.713 bits per heavy atom. The predicted octanol–water partition coefficient (Wildman–Crippen LogP) is 25.1. The summed E-state index contributed by atoms with van der Waals surface area (Å²) in [6.45, 7) is 76.7. The molecular formula is C78H152N2. The molecule has 2 nitrogen and oxygen atoms in total. The first kappa shape index (κ1) is 82.6. The number of piperidine rings is 2. The smallest absolute Gasteiger partial charge is 0.00138 e. The average Bonchev–Trinajstić information content (AvgIpc) is 3.33. The molecule has 5 rings (SSSR count). The van der Waals surface area contributed by atoms with Gasteiger partial charge in [0.25, 0.3) is 0 Å². The number of likely N-dealkylation sites (tertiary alicyclic amines) is 2. The highest BCUT2D eigenvalue weighted by molar-refractivity contribution is 5.23. The van der Waals surface area contributed by atoms with Gasteiger partial charge in [-0.15, -0.1) is 0 Å². The number of nitrogens with zero attached hydrogens (tertiary/aromatic N) is 2. The summed E-state index contributed by atoms with van der Waals surface area (Å²) in [7, 11) is 0. The molecule has 474 valence electrons. The van der Waals surface area contributed by atoms with Crippen LogP contribution in [-0.2, 0) is 19.3 Å². The van der Waals surface area contributed by atoms with Gasteiger partial charge >= 0.3 is 0 Å². The molecule has 0 amide bonds. The molecule has 0 bridgehead atoms. The molecule has 80 heavy (non-hydrogen) atoms. The standard InChI is InChI=1S/C13H20.2C11H23N.C11H16.C10H20.C8H18.2C7H16/c1-5-11-6-8-12(9-7-11)10-13(2,3)4;2*1-11(2,3)7-10-12-8-5-4-6-9-12;1-11(2,3)9-10-7-5-4-6-8-10;1-10(2,3)9-7-5-4-6-8-9;1-6-7(2)8(3,4)5;1-6(2)7(3,4)5;1-5-6-7(2,3)4/h6-9H,5,10H2,1-4H3;2*4-10H2,1-3H3;4-8H,9H2,1-3H3;9H,4-8H2,1-3H3;7H,6H2,1-5H3;6H,1-5H3;5-6H2,1-4H3. The minimum absolute atomic E-state index is 0.397. The van der Waals surface area contributed by atoms with Crippen LogP contribution in [0.3, 0.4) is 0 Å². The van der Waals surface area contributed by atoms with Crippen molar-refractivity contribution in [3.8, 4) is 0 Å². The molecule has 0 radical (unpaired) electrons. The highest BCUT2D eigenvalue weighted by Crippen LogP contribution is 2.37. The van der Waals surface area contributed by atoms with E-state index in [1.165, 1.54) is 159 Å². The third kappa shape index (κ3) is 55.5. The first-order valence-corrected chi connectivity index (χ1v) is 33.9. The monoisotopic (exact) mass is 1120 g/mol. The number of rotatable bonds is 9. The van der Waals surface area contributed by atoms with Crippen molar-refractivity contribution < 1.29 is 0 Å².